The fraction of sp³-hybridized carbons (Fsp3) is 0.688. The lowest BCUT2D eigenvalue weighted by Gasteiger charge is -2.13. The number of pyridine rings is 1. The van der Waals surface area contributed by atoms with E-state index in [2.05, 4.69) is 38.0 Å². The normalized spacial score (nSPS) is 11.3. The maximum atomic E-state index is 5.87. The van der Waals surface area contributed by atoms with Crippen LogP contribution < -0.4 is 10.1 Å². The molecule has 19 heavy (non-hydrogen) atoms. The number of ether oxygens (including phenoxy) is 1. The zero-order chi connectivity index (χ0) is 14.1. The second-order valence-corrected chi connectivity index (χ2v) is 5.89. The van der Waals surface area contributed by atoms with Crippen molar-refractivity contribution >= 4 is 0 Å². The van der Waals surface area contributed by atoms with E-state index >= 15 is 0 Å². The van der Waals surface area contributed by atoms with Gasteiger partial charge in [-0.2, -0.15) is 0 Å². The van der Waals surface area contributed by atoms with Gasteiger partial charge in [-0.1, -0.05) is 27.7 Å². The fourth-order valence-corrected chi connectivity index (χ4v) is 1.86. The highest BCUT2D eigenvalue weighted by Crippen LogP contribution is 2.17. The SMILES string of the molecule is CC(C)CCCOc1ccncc1CNCC(C)C. The monoisotopic (exact) mass is 264 g/mol. The average molecular weight is 264 g/mol. The molecule has 1 aromatic heterocycles. The van der Waals surface area contributed by atoms with Gasteiger partial charge in [0.1, 0.15) is 5.75 Å². The van der Waals surface area contributed by atoms with Crippen molar-refractivity contribution in [2.75, 3.05) is 13.2 Å². The van der Waals surface area contributed by atoms with Gasteiger partial charge in [0.2, 0.25) is 0 Å². The summed E-state index contributed by atoms with van der Waals surface area (Å²) in [6.45, 7) is 11.5. The first-order valence-electron chi connectivity index (χ1n) is 7.36. The van der Waals surface area contributed by atoms with Crippen molar-refractivity contribution in [3.63, 3.8) is 0 Å². The zero-order valence-corrected chi connectivity index (χ0v) is 12.8. The maximum Gasteiger partial charge on any atom is 0.126 e. The number of nitrogens with one attached hydrogen (secondary N) is 1. The first-order chi connectivity index (χ1) is 9.09. The van der Waals surface area contributed by atoms with E-state index in [9.17, 15) is 0 Å². The van der Waals surface area contributed by atoms with E-state index < -0.39 is 0 Å². The standard InChI is InChI=1S/C16H28N2O/c1-13(2)6-5-9-19-16-7-8-17-11-15(16)12-18-10-14(3)4/h7-8,11,13-14,18H,5-6,9-10,12H2,1-4H3. The third-order valence-corrected chi connectivity index (χ3v) is 2.91. The van der Waals surface area contributed by atoms with Crippen LogP contribution >= 0.6 is 0 Å². The molecule has 0 aliphatic rings. The quantitative estimate of drug-likeness (QED) is 0.691. The van der Waals surface area contributed by atoms with Crippen LogP contribution in [0.2, 0.25) is 0 Å². The number of aromatic nitrogens is 1. The Kier molecular flexibility index (Phi) is 7.49. The van der Waals surface area contributed by atoms with Gasteiger partial charge in [-0.25, -0.2) is 0 Å². The summed E-state index contributed by atoms with van der Waals surface area (Å²) in [5.41, 5.74) is 1.15. The van der Waals surface area contributed by atoms with Gasteiger partial charge in [0.25, 0.3) is 0 Å². The molecule has 0 amide bonds. The Labute approximate surface area is 117 Å². The largest absolute Gasteiger partial charge is 0.493 e. The molecule has 0 aliphatic heterocycles. The van der Waals surface area contributed by atoms with Crippen LogP contribution in [0.1, 0.15) is 46.1 Å². The molecule has 1 heterocycles. The molecule has 0 atom stereocenters. The van der Waals surface area contributed by atoms with Gasteiger partial charge in [0.15, 0.2) is 0 Å². The van der Waals surface area contributed by atoms with Crippen LogP contribution in [0.15, 0.2) is 18.5 Å². The lowest BCUT2D eigenvalue weighted by molar-refractivity contribution is 0.294. The first kappa shape index (κ1) is 16.0. The predicted octanol–water partition coefficient (Wildman–Crippen LogP) is 3.64. The molecule has 0 aromatic carbocycles. The van der Waals surface area contributed by atoms with Gasteiger partial charge in [0.05, 0.1) is 6.61 Å². The smallest absolute Gasteiger partial charge is 0.126 e. The van der Waals surface area contributed by atoms with Crippen molar-refractivity contribution in [3.8, 4) is 5.75 Å². The minimum Gasteiger partial charge on any atom is -0.493 e. The molecular weight excluding hydrogens is 236 g/mol. The maximum absolute atomic E-state index is 5.87. The molecule has 3 heteroatoms. The molecule has 0 unspecified atom stereocenters. The molecule has 3 nitrogen and oxygen atoms in total. The Morgan fingerprint density at radius 3 is 2.68 bits per heavy atom. The van der Waals surface area contributed by atoms with Crippen molar-refractivity contribution < 1.29 is 4.74 Å². The van der Waals surface area contributed by atoms with Crippen LogP contribution in [0.4, 0.5) is 0 Å². The van der Waals surface area contributed by atoms with Crippen LogP contribution in [0.25, 0.3) is 0 Å². The summed E-state index contributed by atoms with van der Waals surface area (Å²) in [6.07, 6.45) is 6.01. The molecular formula is C16H28N2O. The second-order valence-electron chi connectivity index (χ2n) is 5.89. The zero-order valence-electron chi connectivity index (χ0n) is 12.8. The van der Waals surface area contributed by atoms with E-state index in [4.69, 9.17) is 4.74 Å². The number of hydrogen-bond donors (Lipinski definition) is 1. The summed E-state index contributed by atoms with van der Waals surface area (Å²) in [6, 6.07) is 1.96. The molecule has 0 bridgehead atoms. The second kappa shape index (κ2) is 8.92. The molecule has 0 spiro atoms. The number of nitrogens with zero attached hydrogens (tertiary/aromatic N) is 1. The first-order valence-corrected chi connectivity index (χ1v) is 7.36. The van der Waals surface area contributed by atoms with Crippen LogP contribution in [-0.4, -0.2) is 18.1 Å². The Morgan fingerprint density at radius 1 is 1.21 bits per heavy atom. The van der Waals surface area contributed by atoms with Gasteiger partial charge in [-0.15, -0.1) is 0 Å². The molecule has 0 aliphatic carbocycles. The van der Waals surface area contributed by atoms with Crippen molar-refractivity contribution in [2.45, 2.75) is 47.1 Å². The van der Waals surface area contributed by atoms with E-state index in [1.165, 1.54) is 6.42 Å². The minimum absolute atomic E-state index is 0.659. The van der Waals surface area contributed by atoms with Crippen LogP contribution in [-0.2, 0) is 6.54 Å². The van der Waals surface area contributed by atoms with Crippen LogP contribution in [0.3, 0.4) is 0 Å². The number of rotatable bonds is 9. The molecule has 1 aromatic rings. The van der Waals surface area contributed by atoms with Crippen molar-refractivity contribution in [1.29, 1.82) is 0 Å². The van der Waals surface area contributed by atoms with E-state index in [-0.39, 0.29) is 0 Å². The van der Waals surface area contributed by atoms with Gasteiger partial charge < -0.3 is 10.1 Å². The Bertz CT molecular complexity index is 350. The Hall–Kier alpha value is -1.09. The summed E-state index contributed by atoms with van der Waals surface area (Å²) in [7, 11) is 0. The highest BCUT2D eigenvalue weighted by Gasteiger charge is 2.04. The highest BCUT2D eigenvalue weighted by molar-refractivity contribution is 5.29. The summed E-state index contributed by atoms with van der Waals surface area (Å²) >= 11 is 0. The van der Waals surface area contributed by atoms with Gasteiger partial charge in [-0.3, -0.25) is 4.98 Å². The van der Waals surface area contributed by atoms with Crippen molar-refractivity contribution in [2.24, 2.45) is 11.8 Å². The summed E-state index contributed by atoms with van der Waals surface area (Å²) < 4.78 is 5.87. The topological polar surface area (TPSA) is 34.1 Å². The lowest BCUT2D eigenvalue weighted by Crippen LogP contribution is -2.19. The van der Waals surface area contributed by atoms with Gasteiger partial charge in [-0.05, 0) is 37.3 Å². The Morgan fingerprint density at radius 2 is 2.00 bits per heavy atom. The average Bonchev–Trinajstić information content (AvgIpc) is 2.35. The highest BCUT2D eigenvalue weighted by atomic mass is 16.5. The fourth-order valence-electron chi connectivity index (χ4n) is 1.86. The molecule has 0 saturated carbocycles. The van der Waals surface area contributed by atoms with E-state index in [1.807, 2.05) is 12.3 Å². The third-order valence-electron chi connectivity index (χ3n) is 2.91. The van der Waals surface area contributed by atoms with E-state index in [0.29, 0.717) is 5.92 Å². The van der Waals surface area contributed by atoms with Crippen molar-refractivity contribution in [1.82, 2.24) is 10.3 Å². The number of hydrogen-bond acceptors (Lipinski definition) is 3. The molecule has 0 saturated heterocycles. The summed E-state index contributed by atoms with van der Waals surface area (Å²) in [4.78, 5) is 4.18. The Balaban J connectivity index is 2.39. The third kappa shape index (κ3) is 7.16. The molecule has 1 N–H and O–H groups in total. The van der Waals surface area contributed by atoms with Crippen molar-refractivity contribution in [3.05, 3.63) is 24.0 Å². The lowest BCUT2D eigenvalue weighted by atomic mass is 10.1. The summed E-state index contributed by atoms with van der Waals surface area (Å²) in [5, 5.41) is 3.43. The molecule has 1 rings (SSSR count). The van der Waals surface area contributed by atoms with E-state index in [1.54, 1.807) is 6.20 Å². The van der Waals surface area contributed by atoms with Crippen LogP contribution in [0.5, 0.6) is 5.75 Å². The predicted molar refractivity (Wildman–Crippen MR) is 80.3 cm³/mol. The molecule has 0 radical (unpaired) electrons. The minimum atomic E-state index is 0.659. The van der Waals surface area contributed by atoms with Crippen LogP contribution in [0, 0.1) is 11.8 Å². The molecule has 0 fully saturated rings. The van der Waals surface area contributed by atoms with Gasteiger partial charge in [0, 0.05) is 24.5 Å². The van der Waals surface area contributed by atoms with E-state index in [0.717, 1.165) is 43.3 Å². The summed E-state index contributed by atoms with van der Waals surface area (Å²) in [5.74, 6) is 2.37. The van der Waals surface area contributed by atoms with Gasteiger partial charge >= 0.3 is 0 Å². The molecule has 108 valence electrons.